The zero-order chi connectivity index (χ0) is 14.4. The quantitative estimate of drug-likeness (QED) is 0.841. The standard InChI is InChI=1S/C17H23NOS/c1-3-11-18-16(4-2)13-20(19)17-10-9-14-7-5-6-8-15(14)12-17/h5-10,12,16,18H,3-4,11,13H2,1-2H3. The summed E-state index contributed by atoms with van der Waals surface area (Å²) in [5.74, 6) is 0.689. The van der Waals surface area contributed by atoms with Gasteiger partial charge in [-0.3, -0.25) is 4.21 Å². The van der Waals surface area contributed by atoms with E-state index in [0.29, 0.717) is 11.8 Å². The van der Waals surface area contributed by atoms with E-state index in [1.54, 1.807) is 0 Å². The zero-order valence-electron chi connectivity index (χ0n) is 12.3. The van der Waals surface area contributed by atoms with Crippen LogP contribution in [0.25, 0.3) is 10.8 Å². The summed E-state index contributed by atoms with van der Waals surface area (Å²) in [4.78, 5) is 0.931. The Labute approximate surface area is 124 Å². The van der Waals surface area contributed by atoms with Crippen molar-refractivity contribution in [3.8, 4) is 0 Å². The Morgan fingerprint density at radius 2 is 1.85 bits per heavy atom. The van der Waals surface area contributed by atoms with Crippen LogP contribution in [0.1, 0.15) is 26.7 Å². The van der Waals surface area contributed by atoms with Crippen LogP contribution in [0.15, 0.2) is 47.4 Å². The lowest BCUT2D eigenvalue weighted by atomic mass is 10.1. The zero-order valence-corrected chi connectivity index (χ0v) is 13.1. The minimum Gasteiger partial charge on any atom is -0.313 e. The first kappa shape index (κ1) is 15.2. The lowest BCUT2D eigenvalue weighted by Crippen LogP contribution is -2.34. The van der Waals surface area contributed by atoms with Crippen molar-refractivity contribution in [3.63, 3.8) is 0 Å². The molecule has 0 fully saturated rings. The van der Waals surface area contributed by atoms with Crippen molar-refractivity contribution in [2.45, 2.75) is 37.6 Å². The van der Waals surface area contributed by atoms with Gasteiger partial charge in [0, 0.05) is 16.7 Å². The molecular formula is C17H23NOS. The van der Waals surface area contributed by atoms with Gasteiger partial charge in [0.15, 0.2) is 0 Å². The molecule has 0 amide bonds. The predicted octanol–water partition coefficient (Wildman–Crippen LogP) is 3.73. The molecule has 0 aliphatic rings. The van der Waals surface area contributed by atoms with E-state index in [1.807, 2.05) is 18.2 Å². The molecule has 0 aliphatic heterocycles. The highest BCUT2D eigenvalue weighted by atomic mass is 32.2. The van der Waals surface area contributed by atoms with Gasteiger partial charge in [0.1, 0.15) is 0 Å². The maximum absolute atomic E-state index is 12.5. The summed E-state index contributed by atoms with van der Waals surface area (Å²) >= 11 is 0. The second kappa shape index (κ2) is 7.55. The van der Waals surface area contributed by atoms with E-state index in [1.165, 1.54) is 5.39 Å². The fourth-order valence-electron chi connectivity index (χ4n) is 2.26. The van der Waals surface area contributed by atoms with Crippen LogP contribution in [0.3, 0.4) is 0 Å². The van der Waals surface area contributed by atoms with Crippen LogP contribution < -0.4 is 5.32 Å². The molecule has 3 heteroatoms. The minimum atomic E-state index is -0.935. The van der Waals surface area contributed by atoms with Crippen LogP contribution in [-0.2, 0) is 10.8 Å². The molecule has 2 nitrogen and oxygen atoms in total. The molecule has 0 heterocycles. The molecule has 2 aromatic rings. The molecule has 0 saturated heterocycles. The molecule has 0 radical (unpaired) electrons. The molecule has 2 atom stereocenters. The highest BCUT2D eigenvalue weighted by Gasteiger charge is 2.12. The SMILES string of the molecule is CCCNC(CC)CS(=O)c1ccc2ccccc2c1. The number of benzene rings is 2. The van der Waals surface area contributed by atoms with Crippen LogP contribution in [0.2, 0.25) is 0 Å². The number of fused-ring (bicyclic) bond motifs is 1. The molecule has 0 spiro atoms. The van der Waals surface area contributed by atoms with E-state index in [0.717, 1.165) is 29.7 Å². The van der Waals surface area contributed by atoms with Crippen LogP contribution >= 0.6 is 0 Å². The average molecular weight is 289 g/mol. The van der Waals surface area contributed by atoms with Gasteiger partial charge in [0.2, 0.25) is 0 Å². The Morgan fingerprint density at radius 1 is 1.10 bits per heavy atom. The van der Waals surface area contributed by atoms with Crippen molar-refractivity contribution in [1.29, 1.82) is 0 Å². The average Bonchev–Trinajstić information content (AvgIpc) is 2.50. The molecular weight excluding hydrogens is 266 g/mol. The fourth-order valence-corrected chi connectivity index (χ4v) is 3.65. The normalized spacial score (nSPS) is 14.3. The summed E-state index contributed by atoms with van der Waals surface area (Å²) in [7, 11) is -0.935. The highest BCUT2D eigenvalue weighted by Crippen LogP contribution is 2.18. The molecule has 108 valence electrons. The number of hydrogen-bond acceptors (Lipinski definition) is 2. The van der Waals surface area contributed by atoms with Crippen molar-refractivity contribution >= 4 is 21.6 Å². The smallest absolute Gasteiger partial charge is 0.0545 e. The van der Waals surface area contributed by atoms with Gasteiger partial charge in [-0.15, -0.1) is 0 Å². The molecule has 0 aliphatic carbocycles. The van der Waals surface area contributed by atoms with E-state index in [4.69, 9.17) is 0 Å². The fraction of sp³-hybridized carbons (Fsp3) is 0.412. The highest BCUT2D eigenvalue weighted by molar-refractivity contribution is 7.85. The van der Waals surface area contributed by atoms with Gasteiger partial charge in [-0.2, -0.15) is 0 Å². The number of hydrogen-bond donors (Lipinski definition) is 1. The summed E-state index contributed by atoms with van der Waals surface area (Å²) in [6.45, 7) is 5.29. The third kappa shape index (κ3) is 3.90. The van der Waals surface area contributed by atoms with Crippen LogP contribution in [0, 0.1) is 0 Å². The Morgan fingerprint density at radius 3 is 2.55 bits per heavy atom. The van der Waals surface area contributed by atoms with Gasteiger partial charge in [-0.25, -0.2) is 0 Å². The lowest BCUT2D eigenvalue weighted by molar-refractivity contribution is 0.534. The second-order valence-corrected chi connectivity index (χ2v) is 6.58. The first-order valence-corrected chi connectivity index (χ1v) is 8.67. The number of rotatable bonds is 7. The molecule has 2 unspecified atom stereocenters. The molecule has 0 bridgehead atoms. The van der Waals surface area contributed by atoms with Crippen molar-refractivity contribution in [2.75, 3.05) is 12.3 Å². The van der Waals surface area contributed by atoms with Gasteiger partial charge in [-0.05, 0) is 42.3 Å². The van der Waals surface area contributed by atoms with Gasteiger partial charge < -0.3 is 5.32 Å². The number of nitrogens with one attached hydrogen (secondary N) is 1. The van der Waals surface area contributed by atoms with E-state index >= 15 is 0 Å². The Hall–Kier alpha value is -1.19. The molecule has 2 rings (SSSR count). The Bertz CT molecular complexity index is 582. The third-order valence-corrected chi connectivity index (χ3v) is 5.00. The largest absolute Gasteiger partial charge is 0.313 e. The summed E-state index contributed by atoms with van der Waals surface area (Å²) in [5, 5.41) is 5.82. The third-order valence-electron chi connectivity index (χ3n) is 3.51. The summed E-state index contributed by atoms with van der Waals surface area (Å²) < 4.78 is 12.5. The van der Waals surface area contributed by atoms with Gasteiger partial charge in [0.25, 0.3) is 0 Å². The van der Waals surface area contributed by atoms with Crippen molar-refractivity contribution in [3.05, 3.63) is 42.5 Å². The molecule has 0 saturated carbocycles. The maximum atomic E-state index is 12.5. The lowest BCUT2D eigenvalue weighted by Gasteiger charge is -2.16. The van der Waals surface area contributed by atoms with E-state index in [2.05, 4.69) is 43.4 Å². The van der Waals surface area contributed by atoms with Crippen LogP contribution in [0.4, 0.5) is 0 Å². The maximum Gasteiger partial charge on any atom is 0.0545 e. The summed E-state index contributed by atoms with van der Waals surface area (Å²) in [6.07, 6.45) is 2.12. The van der Waals surface area contributed by atoms with Crippen LogP contribution in [-0.4, -0.2) is 22.5 Å². The van der Waals surface area contributed by atoms with Gasteiger partial charge in [-0.1, -0.05) is 44.2 Å². The Kier molecular flexibility index (Phi) is 5.74. The summed E-state index contributed by atoms with van der Waals surface area (Å²) in [6, 6.07) is 14.6. The first-order valence-electron chi connectivity index (χ1n) is 7.35. The van der Waals surface area contributed by atoms with Gasteiger partial charge in [0.05, 0.1) is 10.8 Å². The topological polar surface area (TPSA) is 29.1 Å². The molecule has 2 aromatic carbocycles. The van der Waals surface area contributed by atoms with Crippen molar-refractivity contribution < 1.29 is 4.21 Å². The predicted molar refractivity (Wildman–Crippen MR) is 87.6 cm³/mol. The molecule has 20 heavy (non-hydrogen) atoms. The van der Waals surface area contributed by atoms with Crippen molar-refractivity contribution in [1.82, 2.24) is 5.32 Å². The van der Waals surface area contributed by atoms with E-state index < -0.39 is 10.8 Å². The molecule has 0 aromatic heterocycles. The van der Waals surface area contributed by atoms with Crippen molar-refractivity contribution in [2.24, 2.45) is 0 Å². The van der Waals surface area contributed by atoms with E-state index in [-0.39, 0.29) is 0 Å². The minimum absolute atomic E-state index is 0.335. The second-order valence-electron chi connectivity index (χ2n) is 5.08. The first-order chi connectivity index (χ1) is 9.74. The summed E-state index contributed by atoms with van der Waals surface area (Å²) in [5.41, 5.74) is 0. The monoisotopic (exact) mass is 289 g/mol. The van der Waals surface area contributed by atoms with E-state index in [9.17, 15) is 4.21 Å². The Balaban J connectivity index is 2.10. The molecule has 1 N–H and O–H groups in total. The van der Waals surface area contributed by atoms with Gasteiger partial charge >= 0.3 is 0 Å². The van der Waals surface area contributed by atoms with Crippen LogP contribution in [0.5, 0.6) is 0 Å².